The first kappa shape index (κ1) is 16.4. The van der Waals surface area contributed by atoms with Gasteiger partial charge in [-0.05, 0) is 56.6 Å². The number of hydrogen-bond acceptors (Lipinski definition) is 3. The highest BCUT2D eigenvalue weighted by molar-refractivity contribution is 9.10. The Bertz CT molecular complexity index is 489. The van der Waals surface area contributed by atoms with E-state index in [-0.39, 0.29) is 24.2 Å². The summed E-state index contributed by atoms with van der Waals surface area (Å²) in [6, 6.07) is 4.51. The number of nitrogens with zero attached hydrogens (tertiary/aromatic N) is 1. The van der Waals surface area contributed by atoms with Crippen molar-refractivity contribution in [2.24, 2.45) is 0 Å². The fourth-order valence-electron chi connectivity index (χ4n) is 2.81. The van der Waals surface area contributed by atoms with Crippen LogP contribution in [0.2, 0.25) is 0 Å². The van der Waals surface area contributed by atoms with Crippen LogP contribution in [0, 0.1) is 5.82 Å². The molecule has 1 atom stereocenters. The van der Waals surface area contributed by atoms with Gasteiger partial charge in [-0.25, -0.2) is 4.39 Å². The zero-order chi connectivity index (χ0) is 15.2. The molecule has 1 aromatic carbocycles. The molecule has 1 aliphatic rings. The molecular weight excluding hydrogens is 337 g/mol. The third-order valence-corrected chi connectivity index (χ3v) is 4.54. The van der Waals surface area contributed by atoms with E-state index < -0.39 is 0 Å². The van der Waals surface area contributed by atoms with Crippen molar-refractivity contribution in [3.05, 3.63) is 34.1 Å². The molecule has 3 nitrogen and oxygen atoms in total. The maximum atomic E-state index is 13.6. The number of halogens is 2. The lowest BCUT2D eigenvalue weighted by Crippen LogP contribution is -2.35. The first-order valence-corrected chi connectivity index (χ1v) is 8.25. The first-order valence-electron chi connectivity index (χ1n) is 7.46. The molecule has 1 saturated heterocycles. The van der Waals surface area contributed by atoms with Crippen molar-refractivity contribution in [3.8, 4) is 0 Å². The van der Waals surface area contributed by atoms with Crippen molar-refractivity contribution in [1.29, 1.82) is 0 Å². The van der Waals surface area contributed by atoms with Crippen molar-refractivity contribution >= 4 is 21.9 Å². The van der Waals surface area contributed by atoms with E-state index in [2.05, 4.69) is 20.8 Å². The maximum Gasteiger partial charge on any atom is 0.307 e. The van der Waals surface area contributed by atoms with Crippen LogP contribution >= 0.6 is 15.9 Å². The van der Waals surface area contributed by atoms with Crippen LogP contribution in [-0.4, -0.2) is 30.6 Å². The average molecular weight is 358 g/mol. The Morgan fingerprint density at radius 1 is 1.38 bits per heavy atom. The highest BCUT2D eigenvalue weighted by Gasteiger charge is 2.27. The van der Waals surface area contributed by atoms with Crippen LogP contribution in [0.25, 0.3) is 0 Å². The van der Waals surface area contributed by atoms with E-state index in [4.69, 9.17) is 4.74 Å². The molecule has 2 rings (SSSR count). The highest BCUT2D eigenvalue weighted by Crippen LogP contribution is 2.33. The molecule has 116 valence electrons. The summed E-state index contributed by atoms with van der Waals surface area (Å²) < 4.78 is 19.5. The van der Waals surface area contributed by atoms with E-state index in [1.165, 1.54) is 18.6 Å². The van der Waals surface area contributed by atoms with Crippen LogP contribution in [0.3, 0.4) is 0 Å². The lowest BCUT2D eigenvalue weighted by atomic mass is 9.99. The summed E-state index contributed by atoms with van der Waals surface area (Å²) in [5.74, 6) is -0.511. The van der Waals surface area contributed by atoms with Crippen molar-refractivity contribution in [2.75, 3.05) is 19.7 Å². The fourth-order valence-corrected chi connectivity index (χ4v) is 3.32. The van der Waals surface area contributed by atoms with Gasteiger partial charge >= 0.3 is 5.97 Å². The number of ether oxygens (including phenoxy) is 1. The third-order valence-electron chi connectivity index (χ3n) is 3.81. The second-order valence-electron chi connectivity index (χ2n) is 5.29. The van der Waals surface area contributed by atoms with Crippen LogP contribution in [-0.2, 0) is 9.53 Å². The molecule has 1 fully saturated rings. The van der Waals surface area contributed by atoms with E-state index in [1.807, 2.05) is 0 Å². The number of piperidine rings is 1. The van der Waals surface area contributed by atoms with Crippen LogP contribution in [0.15, 0.2) is 22.7 Å². The Morgan fingerprint density at radius 3 is 2.76 bits per heavy atom. The molecule has 1 aliphatic heterocycles. The molecule has 0 spiro atoms. The lowest BCUT2D eigenvalue weighted by molar-refractivity contribution is -0.144. The Kier molecular flexibility index (Phi) is 6.18. The zero-order valence-corrected chi connectivity index (χ0v) is 13.9. The molecule has 0 radical (unpaired) electrons. The van der Waals surface area contributed by atoms with Gasteiger partial charge in [0, 0.05) is 10.5 Å². The maximum absolute atomic E-state index is 13.6. The van der Waals surface area contributed by atoms with Gasteiger partial charge in [0.1, 0.15) is 5.82 Å². The van der Waals surface area contributed by atoms with E-state index in [1.54, 1.807) is 13.0 Å². The van der Waals surface area contributed by atoms with Crippen LogP contribution < -0.4 is 0 Å². The van der Waals surface area contributed by atoms with Crippen molar-refractivity contribution in [2.45, 2.75) is 38.6 Å². The predicted octanol–water partition coefficient (Wildman–Crippen LogP) is 4.07. The monoisotopic (exact) mass is 357 g/mol. The van der Waals surface area contributed by atoms with Gasteiger partial charge in [-0.2, -0.15) is 0 Å². The van der Waals surface area contributed by atoms with Crippen molar-refractivity contribution in [3.63, 3.8) is 0 Å². The molecular formula is C16H21BrFNO2. The average Bonchev–Trinajstić information content (AvgIpc) is 2.49. The number of benzene rings is 1. The molecule has 0 amide bonds. The van der Waals surface area contributed by atoms with E-state index in [0.717, 1.165) is 36.0 Å². The number of carbonyl (C=O) groups is 1. The van der Waals surface area contributed by atoms with Crippen LogP contribution in [0.4, 0.5) is 4.39 Å². The van der Waals surface area contributed by atoms with Crippen molar-refractivity contribution in [1.82, 2.24) is 4.90 Å². The van der Waals surface area contributed by atoms with Crippen LogP contribution in [0.5, 0.6) is 0 Å². The van der Waals surface area contributed by atoms with E-state index in [0.29, 0.717) is 6.61 Å². The summed E-state index contributed by atoms with van der Waals surface area (Å²) in [5, 5.41) is 0. The second-order valence-corrected chi connectivity index (χ2v) is 6.14. The van der Waals surface area contributed by atoms with Gasteiger partial charge < -0.3 is 4.74 Å². The number of rotatable bonds is 5. The zero-order valence-electron chi connectivity index (χ0n) is 12.3. The molecule has 0 saturated carbocycles. The summed E-state index contributed by atoms with van der Waals surface area (Å²) in [6.07, 6.45) is 3.71. The quantitative estimate of drug-likeness (QED) is 0.744. The van der Waals surface area contributed by atoms with Gasteiger partial charge in [-0.3, -0.25) is 9.69 Å². The van der Waals surface area contributed by atoms with Gasteiger partial charge in [0.15, 0.2) is 0 Å². The fraction of sp³-hybridized carbons (Fsp3) is 0.562. The Balaban J connectivity index is 2.25. The number of likely N-dealkylation sites (tertiary alicyclic amines) is 1. The Morgan fingerprint density at radius 2 is 2.10 bits per heavy atom. The summed E-state index contributed by atoms with van der Waals surface area (Å²) in [6.45, 7) is 4.04. The van der Waals surface area contributed by atoms with Crippen LogP contribution in [0.1, 0.15) is 44.2 Å². The summed E-state index contributed by atoms with van der Waals surface area (Å²) >= 11 is 3.48. The molecule has 0 aromatic heterocycles. The summed E-state index contributed by atoms with van der Waals surface area (Å²) in [4.78, 5) is 14.2. The number of esters is 1. The number of hydrogen-bond donors (Lipinski definition) is 0. The normalized spacial score (nSPS) is 17.5. The van der Waals surface area contributed by atoms with Gasteiger partial charge in [0.25, 0.3) is 0 Å². The largest absolute Gasteiger partial charge is 0.466 e. The molecule has 5 heteroatoms. The van der Waals surface area contributed by atoms with Gasteiger partial charge in [-0.1, -0.05) is 22.4 Å². The molecule has 1 unspecified atom stereocenters. The Hall–Kier alpha value is -0.940. The smallest absolute Gasteiger partial charge is 0.307 e. The molecule has 0 N–H and O–H groups in total. The minimum atomic E-state index is -0.279. The molecule has 0 aliphatic carbocycles. The predicted molar refractivity (Wildman–Crippen MR) is 83.5 cm³/mol. The molecule has 1 aromatic rings. The summed E-state index contributed by atoms with van der Waals surface area (Å²) in [7, 11) is 0. The van der Waals surface area contributed by atoms with Gasteiger partial charge in [0.05, 0.1) is 13.0 Å². The second kappa shape index (κ2) is 7.90. The van der Waals surface area contributed by atoms with Gasteiger partial charge in [-0.15, -0.1) is 0 Å². The van der Waals surface area contributed by atoms with E-state index >= 15 is 0 Å². The summed E-state index contributed by atoms with van der Waals surface area (Å²) in [5.41, 5.74) is 0.824. The standard InChI is InChI=1S/C16H21BrFNO2/c1-2-21-16(20)11-15(19-8-4-3-5-9-19)13-10-12(18)6-7-14(13)17/h6-7,10,15H,2-5,8-9,11H2,1H3. The lowest BCUT2D eigenvalue weighted by Gasteiger charge is -2.34. The third kappa shape index (κ3) is 4.51. The Labute approximate surface area is 133 Å². The topological polar surface area (TPSA) is 29.5 Å². The molecule has 1 heterocycles. The SMILES string of the molecule is CCOC(=O)CC(c1cc(F)ccc1Br)N1CCCCC1. The molecule has 21 heavy (non-hydrogen) atoms. The number of carbonyl (C=O) groups excluding carboxylic acids is 1. The van der Waals surface area contributed by atoms with E-state index in [9.17, 15) is 9.18 Å². The minimum absolute atomic E-state index is 0.130. The molecule has 0 bridgehead atoms. The minimum Gasteiger partial charge on any atom is -0.466 e. The first-order chi connectivity index (χ1) is 10.1. The van der Waals surface area contributed by atoms with Gasteiger partial charge in [0.2, 0.25) is 0 Å². The highest BCUT2D eigenvalue weighted by atomic mass is 79.9. The van der Waals surface area contributed by atoms with Crippen molar-refractivity contribution < 1.29 is 13.9 Å².